The van der Waals surface area contributed by atoms with Crippen LogP contribution in [0.4, 0.5) is 0 Å². The molecular formula is C8H14O4. The molecule has 0 aliphatic heterocycles. The molecule has 1 aliphatic rings. The fourth-order valence-electron chi connectivity index (χ4n) is 1.26. The minimum absolute atomic E-state index is 0.177. The Morgan fingerprint density at radius 1 is 1.50 bits per heavy atom. The summed E-state index contributed by atoms with van der Waals surface area (Å²) in [6.07, 6.45) is 2.38. The predicted octanol–water partition coefficient (Wildman–Crippen LogP) is 1.21. The first-order valence-corrected chi connectivity index (χ1v) is 4.19. The summed E-state index contributed by atoms with van der Waals surface area (Å²) in [5, 5.41) is 8.85. The Labute approximate surface area is 71.4 Å². The molecule has 0 spiro atoms. The quantitative estimate of drug-likeness (QED) is 0.386. The van der Waals surface area contributed by atoms with E-state index in [1.54, 1.807) is 6.92 Å². The number of hydrogen-bond acceptors (Lipinski definition) is 3. The smallest absolute Gasteiger partial charge is 0.312 e. The normalized spacial score (nSPS) is 20.1. The average Bonchev–Trinajstić information content (AvgIpc) is 1.94. The van der Waals surface area contributed by atoms with Gasteiger partial charge in [-0.3, -0.25) is 4.79 Å². The van der Waals surface area contributed by atoms with Gasteiger partial charge < -0.3 is 5.11 Å². The van der Waals surface area contributed by atoms with Crippen molar-refractivity contribution in [2.24, 2.45) is 5.41 Å². The molecule has 1 N–H and O–H groups in total. The zero-order valence-corrected chi connectivity index (χ0v) is 7.21. The molecule has 0 amide bonds. The van der Waals surface area contributed by atoms with Gasteiger partial charge in [-0.15, -0.1) is 0 Å². The molecule has 0 aromatic rings. The van der Waals surface area contributed by atoms with Gasteiger partial charge in [0.2, 0.25) is 0 Å². The molecule has 1 saturated carbocycles. The number of carboxylic acids is 1. The minimum Gasteiger partial charge on any atom is -0.481 e. The van der Waals surface area contributed by atoms with Crippen molar-refractivity contribution in [1.82, 2.24) is 0 Å². The van der Waals surface area contributed by atoms with Crippen LogP contribution >= 0.6 is 0 Å². The maximum atomic E-state index is 10.8. The van der Waals surface area contributed by atoms with Gasteiger partial charge in [0.05, 0.1) is 18.6 Å². The summed E-state index contributed by atoms with van der Waals surface area (Å²) in [7, 11) is 0. The summed E-state index contributed by atoms with van der Waals surface area (Å²) in [5.74, 6) is -0.770. The Morgan fingerprint density at radius 3 is 2.50 bits per heavy atom. The standard InChI is InChI=1S/C8H14O4/c1-2-11-12-6-8(7(9)10)4-3-5-8/h2-6H2,1H3,(H,9,10). The molecular weight excluding hydrogens is 160 g/mol. The molecule has 0 bridgehead atoms. The maximum absolute atomic E-state index is 10.8. The van der Waals surface area contributed by atoms with Gasteiger partial charge in [-0.1, -0.05) is 6.42 Å². The highest BCUT2D eigenvalue weighted by Gasteiger charge is 2.45. The van der Waals surface area contributed by atoms with E-state index in [0.717, 1.165) is 6.42 Å². The zero-order chi connectivity index (χ0) is 9.03. The molecule has 12 heavy (non-hydrogen) atoms. The fourth-order valence-corrected chi connectivity index (χ4v) is 1.26. The molecule has 70 valence electrons. The SMILES string of the molecule is CCOOCC1(C(=O)O)CCC1. The molecule has 0 saturated heterocycles. The highest BCUT2D eigenvalue weighted by atomic mass is 17.2. The van der Waals surface area contributed by atoms with Crippen LogP contribution in [0.5, 0.6) is 0 Å². The minimum atomic E-state index is -0.770. The van der Waals surface area contributed by atoms with Gasteiger partial charge in [-0.2, -0.15) is 0 Å². The first-order chi connectivity index (χ1) is 5.71. The summed E-state index contributed by atoms with van der Waals surface area (Å²) in [4.78, 5) is 20.2. The number of rotatable bonds is 5. The Hall–Kier alpha value is -0.610. The van der Waals surface area contributed by atoms with E-state index in [1.807, 2.05) is 0 Å². The second-order valence-electron chi connectivity index (χ2n) is 3.11. The number of aliphatic carboxylic acids is 1. The van der Waals surface area contributed by atoms with Gasteiger partial charge >= 0.3 is 5.97 Å². The molecule has 4 nitrogen and oxygen atoms in total. The van der Waals surface area contributed by atoms with E-state index in [1.165, 1.54) is 0 Å². The van der Waals surface area contributed by atoms with Crippen LogP contribution in [-0.2, 0) is 14.6 Å². The van der Waals surface area contributed by atoms with Crippen LogP contribution in [0, 0.1) is 5.41 Å². The van der Waals surface area contributed by atoms with Crippen LogP contribution in [0.1, 0.15) is 26.2 Å². The lowest BCUT2D eigenvalue weighted by molar-refractivity contribution is -0.310. The molecule has 1 aliphatic carbocycles. The number of hydrogen-bond donors (Lipinski definition) is 1. The third-order valence-corrected chi connectivity index (χ3v) is 2.30. The third-order valence-electron chi connectivity index (χ3n) is 2.30. The maximum Gasteiger partial charge on any atom is 0.312 e. The highest BCUT2D eigenvalue weighted by molar-refractivity contribution is 5.75. The van der Waals surface area contributed by atoms with Crippen molar-refractivity contribution in [3.05, 3.63) is 0 Å². The summed E-state index contributed by atoms with van der Waals surface area (Å²) in [5.41, 5.74) is -0.658. The first-order valence-electron chi connectivity index (χ1n) is 4.19. The van der Waals surface area contributed by atoms with Gasteiger partial charge in [0.25, 0.3) is 0 Å². The van der Waals surface area contributed by atoms with Crippen molar-refractivity contribution in [2.45, 2.75) is 26.2 Å². The lowest BCUT2D eigenvalue weighted by Crippen LogP contribution is -2.42. The Balaban J connectivity index is 2.30. The molecule has 1 fully saturated rings. The van der Waals surface area contributed by atoms with Gasteiger partial charge in [-0.25, -0.2) is 9.78 Å². The van der Waals surface area contributed by atoms with E-state index in [0.29, 0.717) is 19.4 Å². The molecule has 1 rings (SSSR count). The van der Waals surface area contributed by atoms with E-state index in [4.69, 9.17) is 9.99 Å². The number of carboxylic acid groups (broad SMARTS) is 1. The van der Waals surface area contributed by atoms with Crippen molar-refractivity contribution in [3.63, 3.8) is 0 Å². The Bertz CT molecular complexity index is 162. The van der Waals surface area contributed by atoms with Crippen LogP contribution in [0.3, 0.4) is 0 Å². The molecule has 0 aromatic carbocycles. The van der Waals surface area contributed by atoms with Crippen molar-refractivity contribution in [2.75, 3.05) is 13.2 Å². The summed E-state index contributed by atoms with van der Waals surface area (Å²) in [6.45, 7) is 2.43. The molecule has 0 heterocycles. The molecule has 0 atom stereocenters. The van der Waals surface area contributed by atoms with E-state index in [2.05, 4.69) is 4.89 Å². The molecule has 4 heteroatoms. The van der Waals surface area contributed by atoms with Crippen molar-refractivity contribution < 1.29 is 19.7 Å². The zero-order valence-electron chi connectivity index (χ0n) is 7.21. The third kappa shape index (κ3) is 1.76. The van der Waals surface area contributed by atoms with Gasteiger partial charge in [0.15, 0.2) is 0 Å². The van der Waals surface area contributed by atoms with Crippen LogP contribution in [0.15, 0.2) is 0 Å². The summed E-state index contributed by atoms with van der Waals surface area (Å²) < 4.78 is 0. The van der Waals surface area contributed by atoms with Crippen LogP contribution in [0.2, 0.25) is 0 Å². The average molecular weight is 174 g/mol. The molecule has 0 unspecified atom stereocenters. The van der Waals surface area contributed by atoms with E-state index in [-0.39, 0.29) is 6.61 Å². The summed E-state index contributed by atoms with van der Waals surface area (Å²) in [6, 6.07) is 0. The van der Waals surface area contributed by atoms with Crippen molar-refractivity contribution in [1.29, 1.82) is 0 Å². The second kappa shape index (κ2) is 3.87. The second-order valence-corrected chi connectivity index (χ2v) is 3.11. The van der Waals surface area contributed by atoms with Gasteiger partial charge in [0, 0.05) is 0 Å². The van der Waals surface area contributed by atoms with Crippen LogP contribution < -0.4 is 0 Å². The molecule has 0 radical (unpaired) electrons. The topological polar surface area (TPSA) is 55.8 Å². The Morgan fingerprint density at radius 2 is 2.17 bits per heavy atom. The summed E-state index contributed by atoms with van der Waals surface area (Å²) >= 11 is 0. The predicted molar refractivity (Wildman–Crippen MR) is 41.5 cm³/mol. The van der Waals surface area contributed by atoms with Crippen LogP contribution in [-0.4, -0.2) is 24.3 Å². The number of carbonyl (C=O) groups is 1. The van der Waals surface area contributed by atoms with Crippen molar-refractivity contribution in [3.8, 4) is 0 Å². The van der Waals surface area contributed by atoms with E-state index >= 15 is 0 Å². The highest BCUT2D eigenvalue weighted by Crippen LogP contribution is 2.41. The van der Waals surface area contributed by atoms with Crippen molar-refractivity contribution >= 4 is 5.97 Å². The monoisotopic (exact) mass is 174 g/mol. The largest absolute Gasteiger partial charge is 0.481 e. The van der Waals surface area contributed by atoms with Gasteiger partial charge in [-0.05, 0) is 19.8 Å². The van der Waals surface area contributed by atoms with E-state index < -0.39 is 11.4 Å². The van der Waals surface area contributed by atoms with E-state index in [9.17, 15) is 4.79 Å². The first kappa shape index (κ1) is 9.48. The van der Waals surface area contributed by atoms with Gasteiger partial charge in [0.1, 0.15) is 0 Å². The lowest BCUT2D eigenvalue weighted by Gasteiger charge is -2.36. The molecule has 0 aromatic heterocycles. The lowest BCUT2D eigenvalue weighted by atomic mass is 9.69. The fraction of sp³-hybridized carbons (Fsp3) is 0.875. The van der Waals surface area contributed by atoms with Crippen LogP contribution in [0.25, 0.3) is 0 Å². The Kier molecular flexibility index (Phi) is 3.05.